The van der Waals surface area contributed by atoms with Gasteiger partial charge in [0.1, 0.15) is 0 Å². The predicted octanol–water partition coefficient (Wildman–Crippen LogP) is -1.85. The second-order valence-corrected chi connectivity index (χ2v) is 6.92. The van der Waals surface area contributed by atoms with E-state index < -0.39 is 31.8 Å². The SMILES string of the molecule is COC(=O)CCCS(=O)(=O)NCCS(N)(=O)=O. The molecule has 17 heavy (non-hydrogen) atoms. The molecular formula is C7H16N2O6S2. The van der Waals surface area contributed by atoms with Gasteiger partial charge in [-0.25, -0.2) is 26.7 Å². The number of hydrogen-bond donors (Lipinski definition) is 2. The van der Waals surface area contributed by atoms with E-state index in [0.29, 0.717) is 0 Å². The largest absolute Gasteiger partial charge is 0.469 e. The van der Waals surface area contributed by atoms with Crippen LogP contribution in [0.1, 0.15) is 12.8 Å². The second kappa shape index (κ2) is 6.89. The Kier molecular flexibility index (Phi) is 6.60. The highest BCUT2D eigenvalue weighted by molar-refractivity contribution is 7.90. The molecule has 0 bridgehead atoms. The molecule has 0 fully saturated rings. The minimum absolute atomic E-state index is 0.00734. The lowest BCUT2D eigenvalue weighted by molar-refractivity contribution is -0.140. The number of sulfonamides is 2. The van der Waals surface area contributed by atoms with Gasteiger partial charge in [0.15, 0.2) is 0 Å². The third-order valence-electron chi connectivity index (χ3n) is 1.73. The van der Waals surface area contributed by atoms with Crippen molar-refractivity contribution >= 4 is 26.0 Å². The van der Waals surface area contributed by atoms with Crippen LogP contribution in [0.5, 0.6) is 0 Å². The van der Waals surface area contributed by atoms with Gasteiger partial charge < -0.3 is 4.74 Å². The fourth-order valence-electron chi connectivity index (χ4n) is 0.920. The fraction of sp³-hybridized carbons (Fsp3) is 0.857. The van der Waals surface area contributed by atoms with E-state index in [4.69, 9.17) is 5.14 Å². The monoisotopic (exact) mass is 288 g/mol. The zero-order valence-electron chi connectivity index (χ0n) is 9.38. The minimum Gasteiger partial charge on any atom is -0.469 e. The molecule has 0 heterocycles. The van der Waals surface area contributed by atoms with Gasteiger partial charge in [-0.2, -0.15) is 0 Å². The Bertz CT molecular complexity index is 441. The smallest absolute Gasteiger partial charge is 0.305 e. The molecule has 0 spiro atoms. The summed E-state index contributed by atoms with van der Waals surface area (Å²) in [5, 5.41) is 4.70. The number of hydrogen-bond acceptors (Lipinski definition) is 6. The van der Waals surface area contributed by atoms with Crippen LogP contribution in [-0.4, -0.2) is 48.0 Å². The first-order valence-electron chi connectivity index (χ1n) is 4.71. The molecule has 0 aliphatic carbocycles. The van der Waals surface area contributed by atoms with Crippen molar-refractivity contribution in [1.29, 1.82) is 0 Å². The van der Waals surface area contributed by atoms with Gasteiger partial charge in [-0.3, -0.25) is 4.79 Å². The predicted molar refractivity (Wildman–Crippen MR) is 61.0 cm³/mol. The van der Waals surface area contributed by atoms with Crippen LogP contribution in [0.2, 0.25) is 0 Å². The van der Waals surface area contributed by atoms with Crippen molar-refractivity contribution in [3.63, 3.8) is 0 Å². The molecule has 102 valence electrons. The Morgan fingerprint density at radius 3 is 2.29 bits per heavy atom. The number of ether oxygens (including phenoxy) is 1. The molecule has 0 aliphatic rings. The summed E-state index contributed by atoms with van der Waals surface area (Å²) in [5.74, 6) is -1.24. The van der Waals surface area contributed by atoms with Gasteiger partial charge in [-0.05, 0) is 6.42 Å². The Morgan fingerprint density at radius 1 is 1.24 bits per heavy atom. The maximum Gasteiger partial charge on any atom is 0.305 e. The zero-order chi connectivity index (χ0) is 13.5. The van der Waals surface area contributed by atoms with Crippen molar-refractivity contribution in [2.24, 2.45) is 5.14 Å². The highest BCUT2D eigenvalue weighted by Gasteiger charge is 2.12. The Balaban J connectivity index is 3.93. The molecule has 0 saturated heterocycles. The molecule has 0 aromatic rings. The van der Waals surface area contributed by atoms with E-state index in [1.807, 2.05) is 0 Å². The van der Waals surface area contributed by atoms with Gasteiger partial charge >= 0.3 is 5.97 Å². The lowest BCUT2D eigenvalue weighted by atomic mass is 10.3. The molecular weight excluding hydrogens is 272 g/mol. The molecule has 0 aromatic heterocycles. The van der Waals surface area contributed by atoms with E-state index in [2.05, 4.69) is 9.46 Å². The topological polar surface area (TPSA) is 133 Å². The third-order valence-corrected chi connectivity index (χ3v) is 3.97. The average molecular weight is 288 g/mol. The summed E-state index contributed by atoms with van der Waals surface area (Å²) in [7, 11) is -6.06. The summed E-state index contributed by atoms with van der Waals surface area (Å²) in [6.45, 7) is -0.278. The van der Waals surface area contributed by atoms with E-state index in [1.165, 1.54) is 7.11 Å². The summed E-state index contributed by atoms with van der Waals surface area (Å²) in [4.78, 5) is 10.7. The van der Waals surface area contributed by atoms with Gasteiger partial charge in [0.05, 0.1) is 18.6 Å². The van der Waals surface area contributed by atoms with Crippen LogP contribution in [0.15, 0.2) is 0 Å². The van der Waals surface area contributed by atoms with Crippen LogP contribution in [0.4, 0.5) is 0 Å². The first-order valence-corrected chi connectivity index (χ1v) is 8.08. The van der Waals surface area contributed by atoms with Crippen LogP contribution in [-0.2, 0) is 29.6 Å². The van der Waals surface area contributed by atoms with Gasteiger partial charge in [0.25, 0.3) is 0 Å². The van der Waals surface area contributed by atoms with Crippen molar-refractivity contribution in [2.45, 2.75) is 12.8 Å². The molecule has 3 N–H and O–H groups in total. The van der Waals surface area contributed by atoms with Gasteiger partial charge in [0.2, 0.25) is 20.0 Å². The van der Waals surface area contributed by atoms with Crippen LogP contribution >= 0.6 is 0 Å². The van der Waals surface area contributed by atoms with Crippen LogP contribution < -0.4 is 9.86 Å². The second-order valence-electron chi connectivity index (χ2n) is 3.26. The standard InChI is InChI=1S/C7H16N2O6S2/c1-15-7(10)3-2-5-17(13,14)9-4-6-16(8,11)12/h9H,2-6H2,1H3,(H2,8,11,12). The molecule has 0 saturated carbocycles. The van der Waals surface area contributed by atoms with Crippen LogP contribution in [0.25, 0.3) is 0 Å². The summed E-state index contributed by atoms with van der Waals surface area (Å²) >= 11 is 0. The molecule has 0 atom stereocenters. The molecule has 0 radical (unpaired) electrons. The number of methoxy groups -OCH3 is 1. The Labute approximate surface area is 101 Å². The molecule has 0 unspecified atom stereocenters. The van der Waals surface area contributed by atoms with Crippen molar-refractivity contribution in [2.75, 3.05) is 25.2 Å². The number of rotatable bonds is 8. The number of carbonyl (C=O) groups excluding carboxylic acids is 1. The van der Waals surface area contributed by atoms with E-state index in [-0.39, 0.29) is 25.1 Å². The molecule has 0 aliphatic heterocycles. The molecule has 0 rings (SSSR count). The van der Waals surface area contributed by atoms with Crippen molar-refractivity contribution in [3.8, 4) is 0 Å². The summed E-state index contributed by atoms with van der Waals surface area (Å²) in [6.07, 6.45) is 0.101. The fourth-order valence-corrected chi connectivity index (χ4v) is 2.52. The highest BCUT2D eigenvalue weighted by Crippen LogP contribution is 1.96. The summed E-state index contributed by atoms with van der Waals surface area (Å²) < 4.78 is 50.1. The summed E-state index contributed by atoms with van der Waals surface area (Å²) in [6, 6.07) is 0. The number of esters is 1. The van der Waals surface area contributed by atoms with E-state index >= 15 is 0 Å². The van der Waals surface area contributed by atoms with Crippen molar-refractivity contribution in [1.82, 2.24) is 4.72 Å². The average Bonchev–Trinajstić information content (AvgIpc) is 2.14. The molecule has 8 nitrogen and oxygen atoms in total. The maximum atomic E-state index is 11.3. The van der Waals surface area contributed by atoms with Crippen molar-refractivity contribution in [3.05, 3.63) is 0 Å². The normalized spacial score (nSPS) is 12.4. The lowest BCUT2D eigenvalue weighted by Gasteiger charge is -2.05. The van der Waals surface area contributed by atoms with Crippen LogP contribution in [0.3, 0.4) is 0 Å². The van der Waals surface area contributed by atoms with Gasteiger partial charge in [-0.15, -0.1) is 0 Å². The van der Waals surface area contributed by atoms with Crippen molar-refractivity contribution < 1.29 is 26.4 Å². The number of nitrogens with two attached hydrogens (primary N) is 1. The zero-order valence-corrected chi connectivity index (χ0v) is 11.0. The maximum absolute atomic E-state index is 11.3. The van der Waals surface area contributed by atoms with E-state index in [1.54, 1.807) is 0 Å². The summed E-state index contributed by atoms with van der Waals surface area (Å²) in [5.41, 5.74) is 0. The number of nitrogens with one attached hydrogen (secondary N) is 1. The quantitative estimate of drug-likeness (QED) is 0.504. The van der Waals surface area contributed by atoms with E-state index in [9.17, 15) is 21.6 Å². The Hall–Kier alpha value is -0.710. The molecule has 0 amide bonds. The molecule has 10 heteroatoms. The first-order chi connectivity index (χ1) is 7.66. The molecule has 0 aromatic carbocycles. The number of primary sulfonamides is 1. The first kappa shape index (κ1) is 16.3. The lowest BCUT2D eigenvalue weighted by Crippen LogP contribution is -2.33. The number of carbonyl (C=O) groups is 1. The van der Waals surface area contributed by atoms with Crippen LogP contribution in [0, 0.1) is 0 Å². The van der Waals surface area contributed by atoms with E-state index in [0.717, 1.165) is 0 Å². The minimum atomic E-state index is -3.69. The van der Waals surface area contributed by atoms with Gasteiger partial charge in [-0.1, -0.05) is 0 Å². The van der Waals surface area contributed by atoms with Gasteiger partial charge in [0, 0.05) is 13.0 Å². The third kappa shape index (κ3) is 10.2. The Morgan fingerprint density at radius 2 is 1.82 bits per heavy atom. The highest BCUT2D eigenvalue weighted by atomic mass is 32.2.